The van der Waals surface area contributed by atoms with Crippen LogP contribution in [0.15, 0.2) is 18.2 Å². The summed E-state index contributed by atoms with van der Waals surface area (Å²) in [7, 11) is 0. The van der Waals surface area contributed by atoms with E-state index in [0.717, 1.165) is 5.56 Å². The summed E-state index contributed by atoms with van der Waals surface area (Å²) in [6, 6.07) is 5.22. The van der Waals surface area contributed by atoms with Crippen molar-refractivity contribution >= 4 is 17.4 Å². The van der Waals surface area contributed by atoms with Crippen molar-refractivity contribution in [1.82, 2.24) is 5.32 Å². The van der Waals surface area contributed by atoms with Gasteiger partial charge in [0.2, 0.25) is 5.91 Å². The predicted molar refractivity (Wildman–Crippen MR) is 67.8 cm³/mol. The molecule has 0 radical (unpaired) electrons. The molecule has 0 aliphatic carbocycles. The molecule has 3 N–H and O–H groups in total. The first-order chi connectivity index (χ1) is 8.04. The highest BCUT2D eigenvalue weighted by atomic mass is 16.2. The molecule has 1 rings (SSSR count). The maximum atomic E-state index is 11.8. The molecule has 0 spiro atoms. The lowest BCUT2D eigenvalue weighted by Crippen LogP contribution is -2.23. The monoisotopic (exact) mass is 234 g/mol. The highest BCUT2D eigenvalue weighted by molar-refractivity contribution is 5.98. The van der Waals surface area contributed by atoms with Gasteiger partial charge in [0.05, 0.1) is 0 Å². The first-order valence-corrected chi connectivity index (χ1v) is 5.70. The summed E-state index contributed by atoms with van der Waals surface area (Å²) in [5.74, 6) is -0.149. The molecule has 4 nitrogen and oxygen atoms in total. The van der Waals surface area contributed by atoms with Gasteiger partial charge in [0, 0.05) is 30.6 Å². The van der Waals surface area contributed by atoms with E-state index in [0.29, 0.717) is 17.8 Å². The van der Waals surface area contributed by atoms with E-state index in [-0.39, 0.29) is 24.5 Å². The Labute approximate surface area is 101 Å². The third kappa shape index (κ3) is 3.90. The highest BCUT2D eigenvalue weighted by Crippen LogP contribution is 2.14. The van der Waals surface area contributed by atoms with Crippen LogP contribution in [0.25, 0.3) is 0 Å². The number of nitrogens with two attached hydrogens (primary N) is 1. The first-order valence-electron chi connectivity index (χ1n) is 5.70. The molecular weight excluding hydrogens is 216 g/mol. The second kappa shape index (κ2) is 6.03. The minimum Gasteiger partial charge on any atom is -0.398 e. The summed E-state index contributed by atoms with van der Waals surface area (Å²) in [4.78, 5) is 23.0. The molecule has 1 amide bonds. The number of anilines is 1. The largest absolute Gasteiger partial charge is 0.398 e. The van der Waals surface area contributed by atoms with Gasteiger partial charge >= 0.3 is 0 Å². The van der Waals surface area contributed by atoms with Crippen molar-refractivity contribution in [2.45, 2.75) is 26.7 Å². The molecule has 0 heterocycles. The third-order valence-electron chi connectivity index (χ3n) is 2.55. The quantitative estimate of drug-likeness (QED) is 0.601. The van der Waals surface area contributed by atoms with Crippen molar-refractivity contribution in [3.05, 3.63) is 29.3 Å². The Bertz CT molecular complexity index is 427. The molecule has 0 unspecified atom stereocenters. The molecule has 0 fully saturated rings. The zero-order chi connectivity index (χ0) is 12.8. The van der Waals surface area contributed by atoms with E-state index < -0.39 is 0 Å². The van der Waals surface area contributed by atoms with Crippen molar-refractivity contribution < 1.29 is 9.59 Å². The van der Waals surface area contributed by atoms with Crippen molar-refractivity contribution in [2.24, 2.45) is 0 Å². The number of carbonyl (C=O) groups is 2. The summed E-state index contributed by atoms with van der Waals surface area (Å²) in [6.07, 6.45) is 0.439. The molecule has 4 heteroatoms. The summed E-state index contributed by atoms with van der Waals surface area (Å²) in [5.41, 5.74) is 7.85. The Morgan fingerprint density at radius 3 is 2.59 bits per heavy atom. The van der Waals surface area contributed by atoms with Crippen LogP contribution >= 0.6 is 0 Å². The van der Waals surface area contributed by atoms with Crippen molar-refractivity contribution in [1.29, 1.82) is 0 Å². The minimum atomic E-state index is -0.0964. The second-order valence-electron chi connectivity index (χ2n) is 3.95. The van der Waals surface area contributed by atoms with Crippen LogP contribution < -0.4 is 11.1 Å². The smallest absolute Gasteiger partial charge is 0.220 e. The van der Waals surface area contributed by atoms with E-state index >= 15 is 0 Å². The average Bonchev–Trinajstić information content (AvgIpc) is 2.30. The Morgan fingerprint density at radius 1 is 1.29 bits per heavy atom. The maximum Gasteiger partial charge on any atom is 0.220 e. The number of benzene rings is 1. The predicted octanol–water partition coefficient (Wildman–Crippen LogP) is 1.68. The van der Waals surface area contributed by atoms with Crippen LogP contribution in [0.2, 0.25) is 0 Å². The second-order valence-corrected chi connectivity index (χ2v) is 3.95. The minimum absolute atomic E-state index is 0.0528. The lowest BCUT2D eigenvalue weighted by molar-refractivity contribution is -0.120. The maximum absolute atomic E-state index is 11.8. The SMILES string of the molecule is CCNC(=O)CCC(=O)c1ccc(C)c(N)c1. The van der Waals surface area contributed by atoms with E-state index in [1.54, 1.807) is 12.1 Å². The fourth-order valence-electron chi connectivity index (χ4n) is 1.47. The van der Waals surface area contributed by atoms with Gasteiger partial charge < -0.3 is 11.1 Å². The number of hydrogen-bond acceptors (Lipinski definition) is 3. The number of nitrogen functional groups attached to an aromatic ring is 1. The molecule has 0 bridgehead atoms. The van der Waals surface area contributed by atoms with Crippen LogP contribution in [-0.2, 0) is 4.79 Å². The molecule has 0 aliphatic rings. The Kier molecular flexibility index (Phi) is 4.69. The van der Waals surface area contributed by atoms with Gasteiger partial charge in [0.1, 0.15) is 0 Å². The van der Waals surface area contributed by atoms with Crippen LogP contribution in [0.4, 0.5) is 5.69 Å². The van der Waals surface area contributed by atoms with E-state index in [2.05, 4.69) is 5.32 Å². The summed E-state index contributed by atoms with van der Waals surface area (Å²) in [6.45, 7) is 4.32. The van der Waals surface area contributed by atoms with Crippen LogP contribution in [-0.4, -0.2) is 18.2 Å². The number of carbonyl (C=O) groups excluding carboxylic acids is 2. The zero-order valence-electron chi connectivity index (χ0n) is 10.2. The molecule has 0 saturated heterocycles. The normalized spacial score (nSPS) is 10.0. The van der Waals surface area contributed by atoms with Crippen LogP contribution in [0.3, 0.4) is 0 Å². The molecule has 1 aromatic rings. The number of rotatable bonds is 5. The van der Waals surface area contributed by atoms with E-state index in [1.165, 1.54) is 0 Å². The third-order valence-corrected chi connectivity index (χ3v) is 2.55. The Morgan fingerprint density at radius 2 is 2.00 bits per heavy atom. The number of amides is 1. The van der Waals surface area contributed by atoms with E-state index in [4.69, 9.17) is 5.73 Å². The average molecular weight is 234 g/mol. The molecule has 0 atom stereocenters. The molecule has 17 heavy (non-hydrogen) atoms. The Hall–Kier alpha value is -1.84. The van der Waals surface area contributed by atoms with Crippen molar-refractivity contribution in [3.8, 4) is 0 Å². The first kappa shape index (κ1) is 13.2. The van der Waals surface area contributed by atoms with Crippen molar-refractivity contribution in [2.75, 3.05) is 12.3 Å². The van der Waals surface area contributed by atoms with Crippen LogP contribution in [0, 0.1) is 6.92 Å². The van der Waals surface area contributed by atoms with Gasteiger partial charge in [0.25, 0.3) is 0 Å². The van der Waals surface area contributed by atoms with E-state index in [9.17, 15) is 9.59 Å². The highest BCUT2D eigenvalue weighted by Gasteiger charge is 2.09. The standard InChI is InChI=1S/C13H18N2O2/c1-3-15-13(17)7-6-12(16)10-5-4-9(2)11(14)8-10/h4-5,8H,3,6-7,14H2,1-2H3,(H,15,17). The Balaban J connectivity index is 2.58. The van der Waals surface area contributed by atoms with E-state index in [1.807, 2.05) is 19.9 Å². The molecule has 0 aromatic heterocycles. The van der Waals surface area contributed by atoms with Crippen LogP contribution in [0.5, 0.6) is 0 Å². The van der Waals surface area contributed by atoms with Crippen molar-refractivity contribution in [3.63, 3.8) is 0 Å². The fourth-order valence-corrected chi connectivity index (χ4v) is 1.47. The van der Waals surface area contributed by atoms with Gasteiger partial charge in [-0.05, 0) is 25.5 Å². The number of hydrogen-bond donors (Lipinski definition) is 2. The molecule has 0 saturated carbocycles. The molecule has 1 aromatic carbocycles. The fraction of sp³-hybridized carbons (Fsp3) is 0.385. The topological polar surface area (TPSA) is 72.2 Å². The van der Waals surface area contributed by atoms with Gasteiger partial charge in [0.15, 0.2) is 5.78 Å². The lowest BCUT2D eigenvalue weighted by atomic mass is 10.0. The zero-order valence-corrected chi connectivity index (χ0v) is 10.2. The molecule has 92 valence electrons. The summed E-state index contributed by atoms with van der Waals surface area (Å²) in [5, 5.41) is 2.66. The summed E-state index contributed by atoms with van der Waals surface area (Å²) < 4.78 is 0. The number of Topliss-reactive ketones (excluding diaryl/α,β-unsaturated/α-hetero) is 1. The van der Waals surface area contributed by atoms with Gasteiger partial charge in [-0.1, -0.05) is 12.1 Å². The number of aryl methyl sites for hydroxylation is 1. The number of ketones is 1. The van der Waals surface area contributed by atoms with Gasteiger partial charge in [-0.2, -0.15) is 0 Å². The van der Waals surface area contributed by atoms with Gasteiger partial charge in [-0.15, -0.1) is 0 Å². The molecular formula is C13H18N2O2. The number of nitrogens with one attached hydrogen (secondary N) is 1. The van der Waals surface area contributed by atoms with Crippen LogP contribution in [0.1, 0.15) is 35.7 Å². The lowest BCUT2D eigenvalue weighted by Gasteiger charge is -2.04. The van der Waals surface area contributed by atoms with Gasteiger partial charge in [-0.3, -0.25) is 9.59 Å². The summed E-state index contributed by atoms with van der Waals surface area (Å²) >= 11 is 0. The molecule has 0 aliphatic heterocycles. The van der Waals surface area contributed by atoms with Gasteiger partial charge in [-0.25, -0.2) is 0 Å².